The molecule has 21 heavy (non-hydrogen) atoms. The Morgan fingerprint density at radius 3 is 2.76 bits per heavy atom. The second-order valence-corrected chi connectivity index (χ2v) is 5.96. The van der Waals surface area contributed by atoms with Gasteiger partial charge in [0.05, 0.1) is 17.7 Å². The van der Waals surface area contributed by atoms with Gasteiger partial charge in [-0.3, -0.25) is 0 Å². The molecule has 2 aromatic heterocycles. The Morgan fingerprint density at radius 2 is 2.05 bits per heavy atom. The highest BCUT2D eigenvalue weighted by Crippen LogP contribution is 2.40. The van der Waals surface area contributed by atoms with Crippen LogP contribution in [0.25, 0.3) is 21.6 Å². The van der Waals surface area contributed by atoms with Gasteiger partial charge in [-0.25, -0.2) is 4.79 Å². The van der Waals surface area contributed by atoms with E-state index >= 15 is 0 Å². The molecule has 5 heteroatoms. The molecule has 0 unspecified atom stereocenters. The maximum atomic E-state index is 11.7. The lowest BCUT2D eigenvalue weighted by Gasteiger charge is -1.96. The average molecular weight is 301 g/mol. The van der Waals surface area contributed by atoms with Crippen LogP contribution >= 0.6 is 11.3 Å². The second kappa shape index (κ2) is 4.93. The molecule has 0 saturated carbocycles. The summed E-state index contributed by atoms with van der Waals surface area (Å²) < 4.78 is 10.6. The van der Waals surface area contributed by atoms with Crippen LogP contribution in [0, 0.1) is 13.8 Å². The number of carbonyl (C=O) groups excluding carboxylic acids is 1. The van der Waals surface area contributed by atoms with Crippen LogP contribution in [-0.4, -0.2) is 13.1 Å². The van der Waals surface area contributed by atoms with Gasteiger partial charge in [-0.15, -0.1) is 11.3 Å². The molecule has 2 heterocycles. The average Bonchev–Trinajstić information content (AvgIpc) is 3.00. The van der Waals surface area contributed by atoms with E-state index in [1.807, 2.05) is 32.0 Å². The number of rotatable bonds is 2. The van der Waals surface area contributed by atoms with Crippen molar-refractivity contribution in [3.05, 3.63) is 40.3 Å². The number of nitrogen functional groups attached to an aromatic ring is 1. The summed E-state index contributed by atoms with van der Waals surface area (Å²) in [5.74, 6) is 0.304. The Balaban J connectivity index is 2.16. The Labute approximate surface area is 126 Å². The predicted octanol–water partition coefficient (Wildman–Crippen LogP) is 4.15. The Kier molecular flexibility index (Phi) is 3.22. The van der Waals surface area contributed by atoms with Crippen molar-refractivity contribution in [2.45, 2.75) is 13.8 Å². The molecule has 4 nitrogen and oxygen atoms in total. The van der Waals surface area contributed by atoms with E-state index in [1.54, 1.807) is 0 Å². The Morgan fingerprint density at radius 1 is 1.29 bits per heavy atom. The zero-order chi connectivity index (χ0) is 15.1. The normalized spacial score (nSPS) is 11.0. The molecule has 0 amide bonds. The molecule has 1 aromatic carbocycles. The summed E-state index contributed by atoms with van der Waals surface area (Å²) >= 11 is 1.30. The molecule has 0 radical (unpaired) electrons. The van der Waals surface area contributed by atoms with E-state index in [9.17, 15) is 4.79 Å². The van der Waals surface area contributed by atoms with E-state index in [0.29, 0.717) is 10.6 Å². The summed E-state index contributed by atoms with van der Waals surface area (Å²) in [6, 6.07) is 7.99. The molecule has 0 aliphatic carbocycles. The lowest BCUT2D eigenvalue weighted by molar-refractivity contribution is 0.0607. The standard InChI is InChI=1S/C16H15NO3S/c1-8-4-5-11-10(6-8)7-12(20-11)14-9(2)13(17)15(21-14)16(18)19-3/h4-7H,17H2,1-3H3. The molecular formula is C16H15NO3S. The van der Waals surface area contributed by atoms with Crippen LogP contribution in [0.15, 0.2) is 28.7 Å². The zero-order valence-electron chi connectivity index (χ0n) is 12.0. The van der Waals surface area contributed by atoms with E-state index in [1.165, 1.54) is 24.0 Å². The topological polar surface area (TPSA) is 65.5 Å². The number of hydrogen-bond donors (Lipinski definition) is 1. The van der Waals surface area contributed by atoms with Crippen molar-refractivity contribution in [1.82, 2.24) is 0 Å². The van der Waals surface area contributed by atoms with Crippen LogP contribution in [0.1, 0.15) is 20.8 Å². The van der Waals surface area contributed by atoms with Gasteiger partial charge in [-0.05, 0) is 37.6 Å². The quantitative estimate of drug-likeness (QED) is 0.722. The highest BCUT2D eigenvalue weighted by atomic mass is 32.1. The molecule has 108 valence electrons. The van der Waals surface area contributed by atoms with Crippen LogP contribution in [-0.2, 0) is 4.74 Å². The molecule has 0 bridgehead atoms. The lowest BCUT2D eigenvalue weighted by atomic mass is 10.1. The first kappa shape index (κ1) is 13.7. The van der Waals surface area contributed by atoms with Crippen molar-refractivity contribution < 1.29 is 13.9 Å². The number of ether oxygens (including phenoxy) is 1. The predicted molar refractivity (Wildman–Crippen MR) is 84.8 cm³/mol. The summed E-state index contributed by atoms with van der Waals surface area (Å²) in [7, 11) is 1.35. The van der Waals surface area contributed by atoms with E-state index in [-0.39, 0.29) is 0 Å². The van der Waals surface area contributed by atoms with Crippen LogP contribution in [0.5, 0.6) is 0 Å². The molecular weight excluding hydrogens is 286 g/mol. The Hall–Kier alpha value is -2.27. The van der Waals surface area contributed by atoms with Crippen molar-refractivity contribution in [1.29, 1.82) is 0 Å². The maximum absolute atomic E-state index is 11.7. The maximum Gasteiger partial charge on any atom is 0.350 e. The minimum absolute atomic E-state index is 0.418. The smallest absolute Gasteiger partial charge is 0.350 e. The van der Waals surface area contributed by atoms with Crippen molar-refractivity contribution in [2.24, 2.45) is 0 Å². The highest BCUT2D eigenvalue weighted by Gasteiger charge is 2.21. The third-order valence-electron chi connectivity index (χ3n) is 3.46. The number of furan rings is 1. The van der Waals surface area contributed by atoms with Gasteiger partial charge in [-0.1, -0.05) is 11.6 Å². The molecule has 0 aliphatic heterocycles. The van der Waals surface area contributed by atoms with Gasteiger partial charge in [0.1, 0.15) is 16.2 Å². The highest BCUT2D eigenvalue weighted by molar-refractivity contribution is 7.18. The number of anilines is 1. The molecule has 0 atom stereocenters. The lowest BCUT2D eigenvalue weighted by Crippen LogP contribution is -2.01. The number of methoxy groups -OCH3 is 1. The zero-order valence-corrected chi connectivity index (χ0v) is 12.8. The monoisotopic (exact) mass is 301 g/mol. The van der Waals surface area contributed by atoms with Gasteiger partial charge in [0.25, 0.3) is 0 Å². The van der Waals surface area contributed by atoms with Gasteiger partial charge in [-0.2, -0.15) is 0 Å². The number of fused-ring (bicyclic) bond motifs is 1. The number of nitrogens with two attached hydrogens (primary N) is 1. The third kappa shape index (κ3) is 2.19. The summed E-state index contributed by atoms with van der Waals surface area (Å²) in [6.45, 7) is 3.92. The number of esters is 1. The fourth-order valence-electron chi connectivity index (χ4n) is 2.28. The van der Waals surface area contributed by atoms with Crippen LogP contribution < -0.4 is 5.73 Å². The first-order valence-electron chi connectivity index (χ1n) is 6.49. The number of carbonyl (C=O) groups is 1. The Bertz CT molecular complexity index is 845. The summed E-state index contributed by atoms with van der Waals surface area (Å²) in [6.07, 6.45) is 0. The van der Waals surface area contributed by atoms with E-state index in [0.717, 1.165) is 27.2 Å². The van der Waals surface area contributed by atoms with Gasteiger partial charge < -0.3 is 14.9 Å². The van der Waals surface area contributed by atoms with Crippen LogP contribution in [0.4, 0.5) is 5.69 Å². The van der Waals surface area contributed by atoms with Gasteiger partial charge >= 0.3 is 5.97 Å². The van der Waals surface area contributed by atoms with E-state index in [2.05, 4.69) is 6.07 Å². The number of aryl methyl sites for hydroxylation is 1. The summed E-state index contributed by atoms with van der Waals surface area (Å²) in [4.78, 5) is 13.0. The minimum Gasteiger partial charge on any atom is -0.465 e. The summed E-state index contributed by atoms with van der Waals surface area (Å²) in [5, 5.41) is 1.04. The van der Waals surface area contributed by atoms with Crippen LogP contribution in [0.2, 0.25) is 0 Å². The molecule has 0 fully saturated rings. The molecule has 3 aromatic rings. The van der Waals surface area contributed by atoms with Gasteiger partial charge in [0, 0.05) is 5.39 Å². The first-order chi connectivity index (χ1) is 10.0. The molecule has 0 aliphatic rings. The van der Waals surface area contributed by atoms with Gasteiger partial charge in [0.15, 0.2) is 0 Å². The largest absolute Gasteiger partial charge is 0.465 e. The fraction of sp³-hybridized carbons (Fsp3) is 0.188. The van der Waals surface area contributed by atoms with E-state index < -0.39 is 5.97 Å². The van der Waals surface area contributed by atoms with Crippen LogP contribution in [0.3, 0.4) is 0 Å². The first-order valence-corrected chi connectivity index (χ1v) is 7.30. The van der Waals surface area contributed by atoms with Crippen molar-refractivity contribution in [3.8, 4) is 10.6 Å². The molecule has 3 rings (SSSR count). The number of benzene rings is 1. The fourth-order valence-corrected chi connectivity index (χ4v) is 3.38. The third-order valence-corrected chi connectivity index (χ3v) is 4.76. The summed E-state index contributed by atoms with van der Waals surface area (Å²) in [5.41, 5.74) is 9.30. The SMILES string of the molecule is COC(=O)c1sc(-c2cc3cc(C)ccc3o2)c(C)c1N. The molecule has 2 N–H and O–H groups in total. The number of hydrogen-bond acceptors (Lipinski definition) is 5. The minimum atomic E-state index is -0.418. The van der Waals surface area contributed by atoms with Crippen molar-refractivity contribution in [3.63, 3.8) is 0 Å². The van der Waals surface area contributed by atoms with Gasteiger partial charge in [0.2, 0.25) is 0 Å². The number of thiophene rings is 1. The van der Waals surface area contributed by atoms with E-state index in [4.69, 9.17) is 14.9 Å². The molecule has 0 saturated heterocycles. The van der Waals surface area contributed by atoms with Crippen molar-refractivity contribution >= 4 is 34.0 Å². The molecule has 0 spiro atoms. The van der Waals surface area contributed by atoms with Crippen molar-refractivity contribution in [2.75, 3.05) is 12.8 Å². The second-order valence-electron chi connectivity index (χ2n) is 4.94.